The number of carbonyl (C=O) groups excluding carboxylic acids is 2. The molecule has 0 saturated heterocycles. The van der Waals surface area contributed by atoms with Gasteiger partial charge >= 0.3 is 0 Å². The van der Waals surface area contributed by atoms with E-state index in [1.807, 2.05) is 24.3 Å². The van der Waals surface area contributed by atoms with Crippen molar-refractivity contribution in [3.63, 3.8) is 0 Å². The van der Waals surface area contributed by atoms with Crippen molar-refractivity contribution in [1.29, 1.82) is 0 Å². The van der Waals surface area contributed by atoms with Crippen molar-refractivity contribution >= 4 is 11.6 Å². The third-order valence-electron chi connectivity index (χ3n) is 6.59. The molecular weight excluding hydrogens is 542 g/mol. The Hall–Kier alpha value is -2.54. The van der Waals surface area contributed by atoms with E-state index in [0.29, 0.717) is 37.2 Å². The van der Waals surface area contributed by atoms with Crippen LogP contribution in [0.2, 0.25) is 0 Å². The fourth-order valence-electron chi connectivity index (χ4n) is 4.27. The smallest absolute Gasteiger partial charge is 0.193 e. The molecule has 2 unspecified atom stereocenters. The summed E-state index contributed by atoms with van der Waals surface area (Å²) in [6.45, 7) is 7.29. The molecule has 2 aromatic rings. The van der Waals surface area contributed by atoms with Crippen LogP contribution in [0.15, 0.2) is 48.5 Å². The largest absolute Gasteiger partial charge is 0.395 e. The Bertz CT molecular complexity index is 1000. The van der Waals surface area contributed by atoms with Crippen LogP contribution < -0.4 is 0 Å². The van der Waals surface area contributed by atoms with Crippen LogP contribution in [0.3, 0.4) is 0 Å². The first-order chi connectivity index (χ1) is 19.7. The van der Waals surface area contributed by atoms with Gasteiger partial charge in [0.1, 0.15) is 11.2 Å². The first-order valence-electron chi connectivity index (χ1n) is 14.3. The molecule has 5 N–H and O–H groups in total. The van der Waals surface area contributed by atoms with Gasteiger partial charge < -0.3 is 35.0 Å². The average Bonchev–Trinajstić information content (AvgIpc) is 2.92. The van der Waals surface area contributed by atoms with E-state index in [1.54, 1.807) is 29.2 Å². The minimum Gasteiger partial charge on any atom is -0.395 e. The second-order valence-electron chi connectivity index (χ2n) is 11.6. The number of nitrogens with zero attached hydrogens (tertiary/aromatic N) is 1. The van der Waals surface area contributed by atoms with Crippen molar-refractivity contribution in [2.24, 2.45) is 0 Å². The molecule has 0 bridgehead atoms. The number of carbonyl (C=O) groups is 2. The standard InChI is InChI=1S/C32H47NO9/c1-31(2,39)29(37)25-9-5-23(6-10-25)13-17-41-21-27(35)19-33(15-16-34)20-28(36)22-42-18-14-24-7-11-26(12-8-24)30(38)32(3,4)40/h5-12,27-28,34-36,39-40H,13-22H2,1-4H3. The molecule has 0 fully saturated rings. The lowest BCUT2D eigenvalue weighted by Crippen LogP contribution is -2.42. The molecule has 0 aromatic heterocycles. The number of ketones is 2. The molecule has 0 saturated carbocycles. The summed E-state index contributed by atoms with van der Waals surface area (Å²) in [5.74, 6) is -0.690. The highest BCUT2D eigenvalue weighted by Crippen LogP contribution is 2.15. The predicted molar refractivity (Wildman–Crippen MR) is 159 cm³/mol. The van der Waals surface area contributed by atoms with E-state index >= 15 is 0 Å². The van der Waals surface area contributed by atoms with Crippen LogP contribution in [-0.4, -0.2) is 118 Å². The van der Waals surface area contributed by atoms with Gasteiger partial charge in [-0.3, -0.25) is 14.5 Å². The van der Waals surface area contributed by atoms with Gasteiger partial charge in [-0.1, -0.05) is 48.5 Å². The molecule has 2 rings (SSSR count). The van der Waals surface area contributed by atoms with Gasteiger partial charge in [-0.25, -0.2) is 0 Å². The maximum atomic E-state index is 12.1. The number of hydrogen-bond acceptors (Lipinski definition) is 10. The Morgan fingerprint density at radius 3 is 1.38 bits per heavy atom. The van der Waals surface area contributed by atoms with Gasteiger partial charge in [-0.05, 0) is 51.7 Å². The molecule has 234 valence electrons. The number of hydrogen-bond donors (Lipinski definition) is 5. The lowest BCUT2D eigenvalue weighted by atomic mass is 9.96. The Kier molecular flexibility index (Phi) is 14.4. The van der Waals surface area contributed by atoms with Crippen molar-refractivity contribution in [3.05, 3.63) is 70.8 Å². The van der Waals surface area contributed by atoms with Gasteiger partial charge in [-0.15, -0.1) is 0 Å². The van der Waals surface area contributed by atoms with Crippen LogP contribution in [0.5, 0.6) is 0 Å². The predicted octanol–water partition coefficient (Wildman–Crippen LogP) is 1.43. The minimum absolute atomic E-state index is 0.0873. The van der Waals surface area contributed by atoms with Crippen molar-refractivity contribution in [2.45, 2.75) is 63.9 Å². The fraction of sp³-hybridized carbons (Fsp3) is 0.562. The Labute approximate surface area is 248 Å². The highest BCUT2D eigenvalue weighted by Gasteiger charge is 2.25. The van der Waals surface area contributed by atoms with Gasteiger partial charge in [0.05, 0.1) is 45.2 Å². The number of ether oxygens (including phenoxy) is 2. The van der Waals surface area contributed by atoms with Gasteiger partial charge in [-0.2, -0.15) is 0 Å². The zero-order valence-electron chi connectivity index (χ0n) is 25.2. The summed E-state index contributed by atoms with van der Waals surface area (Å²) < 4.78 is 11.2. The first kappa shape index (κ1) is 35.7. The molecule has 2 atom stereocenters. The fourth-order valence-corrected chi connectivity index (χ4v) is 4.27. The van der Waals surface area contributed by atoms with Gasteiger partial charge in [0.2, 0.25) is 0 Å². The van der Waals surface area contributed by atoms with E-state index in [-0.39, 0.29) is 51.0 Å². The molecule has 0 aliphatic heterocycles. The number of aliphatic hydroxyl groups is 5. The summed E-state index contributed by atoms with van der Waals surface area (Å²) in [4.78, 5) is 26.0. The van der Waals surface area contributed by atoms with Crippen LogP contribution in [0.4, 0.5) is 0 Å². The Balaban J connectivity index is 1.67. The van der Waals surface area contributed by atoms with Crippen molar-refractivity contribution < 1.29 is 44.6 Å². The molecule has 10 nitrogen and oxygen atoms in total. The molecule has 0 aliphatic carbocycles. The van der Waals surface area contributed by atoms with E-state index in [4.69, 9.17) is 9.47 Å². The second kappa shape index (κ2) is 16.9. The van der Waals surface area contributed by atoms with Gasteiger partial charge in [0.25, 0.3) is 0 Å². The number of Topliss-reactive ketones (excluding diaryl/α,β-unsaturated/α-hetero) is 2. The number of aliphatic hydroxyl groups excluding tert-OH is 3. The maximum Gasteiger partial charge on any atom is 0.193 e. The Morgan fingerprint density at radius 1 is 0.714 bits per heavy atom. The highest BCUT2D eigenvalue weighted by atomic mass is 16.5. The summed E-state index contributed by atoms with van der Waals surface area (Å²) in [6.07, 6.45) is -0.461. The van der Waals surface area contributed by atoms with Crippen LogP contribution in [0.1, 0.15) is 59.5 Å². The maximum absolute atomic E-state index is 12.1. The molecular formula is C32H47NO9. The van der Waals surface area contributed by atoms with Crippen LogP contribution in [0.25, 0.3) is 0 Å². The van der Waals surface area contributed by atoms with Crippen molar-refractivity contribution in [2.75, 3.05) is 52.7 Å². The number of benzene rings is 2. The zero-order valence-corrected chi connectivity index (χ0v) is 25.2. The monoisotopic (exact) mass is 589 g/mol. The SMILES string of the molecule is CC(C)(O)C(=O)c1ccc(CCOCC(O)CN(CCO)CC(O)COCCc2ccc(C(=O)C(C)(C)O)cc2)cc1. The molecule has 0 radical (unpaired) electrons. The minimum atomic E-state index is -1.43. The summed E-state index contributed by atoms with van der Waals surface area (Å²) in [6, 6.07) is 13.9. The summed E-state index contributed by atoms with van der Waals surface area (Å²) in [5, 5.41) is 49.9. The molecule has 2 aromatic carbocycles. The summed E-state index contributed by atoms with van der Waals surface area (Å²) in [5.41, 5.74) is -0.0607. The topological polar surface area (TPSA) is 157 Å². The van der Waals surface area contributed by atoms with E-state index in [9.17, 15) is 35.1 Å². The summed E-state index contributed by atoms with van der Waals surface area (Å²) >= 11 is 0. The third kappa shape index (κ3) is 12.8. The molecule has 0 heterocycles. The van der Waals surface area contributed by atoms with Crippen molar-refractivity contribution in [3.8, 4) is 0 Å². The summed E-state index contributed by atoms with van der Waals surface area (Å²) in [7, 11) is 0. The molecule has 42 heavy (non-hydrogen) atoms. The molecule has 10 heteroatoms. The lowest BCUT2D eigenvalue weighted by molar-refractivity contribution is -0.0124. The quantitative estimate of drug-likeness (QED) is 0.113. The normalized spacial score (nSPS) is 13.8. The van der Waals surface area contributed by atoms with Gasteiger partial charge in [0, 0.05) is 30.8 Å². The van der Waals surface area contributed by atoms with E-state index in [0.717, 1.165) is 11.1 Å². The van der Waals surface area contributed by atoms with Crippen LogP contribution in [0, 0.1) is 0 Å². The van der Waals surface area contributed by atoms with Crippen molar-refractivity contribution in [1.82, 2.24) is 4.90 Å². The average molecular weight is 590 g/mol. The van der Waals surface area contributed by atoms with E-state index in [2.05, 4.69) is 0 Å². The van der Waals surface area contributed by atoms with E-state index in [1.165, 1.54) is 27.7 Å². The third-order valence-corrected chi connectivity index (χ3v) is 6.59. The van der Waals surface area contributed by atoms with Crippen LogP contribution >= 0.6 is 0 Å². The first-order valence-corrected chi connectivity index (χ1v) is 14.3. The zero-order chi connectivity index (χ0) is 31.3. The highest BCUT2D eigenvalue weighted by molar-refractivity contribution is 6.02. The van der Waals surface area contributed by atoms with E-state index < -0.39 is 23.4 Å². The van der Waals surface area contributed by atoms with Crippen LogP contribution in [-0.2, 0) is 22.3 Å². The second-order valence-corrected chi connectivity index (χ2v) is 11.6. The number of rotatable bonds is 20. The molecule has 0 spiro atoms. The Morgan fingerprint density at radius 2 is 1.07 bits per heavy atom. The molecule has 0 amide bonds. The lowest BCUT2D eigenvalue weighted by Gasteiger charge is -2.26. The molecule has 0 aliphatic rings. The van der Waals surface area contributed by atoms with Gasteiger partial charge in [0.15, 0.2) is 11.6 Å².